The van der Waals surface area contributed by atoms with Crippen LogP contribution in [0.15, 0.2) is 11.8 Å². The molecule has 3 N–H and O–H groups in total. The lowest BCUT2D eigenvalue weighted by Gasteiger charge is -2.15. The Kier molecular flexibility index (Phi) is 5.56. The summed E-state index contributed by atoms with van der Waals surface area (Å²) in [4.78, 5) is 21.5. The second kappa shape index (κ2) is 6.97. The Balaban J connectivity index is 3.48. The number of carbonyl (C=O) groups is 2. The average Bonchev–Trinajstić information content (AvgIpc) is 2.45. The first-order chi connectivity index (χ1) is 10.3. The van der Waals surface area contributed by atoms with E-state index in [0.717, 1.165) is 0 Å². The Bertz CT molecular complexity index is 640. The van der Waals surface area contributed by atoms with Gasteiger partial charge >= 0.3 is 11.9 Å². The number of halogens is 3. The minimum Gasteiger partial charge on any atom is -0.477 e. The molecule has 5 nitrogen and oxygen atoms in total. The minimum atomic E-state index is -1.75. The molecule has 0 spiro atoms. The van der Waals surface area contributed by atoms with E-state index in [-0.39, 0.29) is 24.0 Å². The van der Waals surface area contributed by atoms with Crippen LogP contribution in [0, 0.1) is 17.5 Å². The van der Waals surface area contributed by atoms with Gasteiger partial charge in [0.05, 0.1) is 5.69 Å². The van der Waals surface area contributed by atoms with E-state index in [0.29, 0.717) is 6.20 Å². The molecule has 1 aromatic carbocycles. The van der Waals surface area contributed by atoms with Gasteiger partial charge in [0.25, 0.3) is 0 Å². The molecule has 0 aliphatic carbocycles. The van der Waals surface area contributed by atoms with Crippen molar-refractivity contribution in [2.75, 3.05) is 5.32 Å². The van der Waals surface area contributed by atoms with Crippen LogP contribution in [0.1, 0.15) is 25.0 Å². The summed E-state index contributed by atoms with van der Waals surface area (Å²) in [5.74, 6) is -8.04. The SMILES string of the molecule is CCc1c(F)c(F)c(F)c(NC=C(C(=O)O)C(=O)O)c1CC. The maximum absolute atomic E-state index is 13.9. The van der Waals surface area contributed by atoms with Gasteiger partial charge in [-0.3, -0.25) is 0 Å². The third-order valence-electron chi connectivity index (χ3n) is 3.06. The largest absolute Gasteiger partial charge is 0.477 e. The molecule has 0 fully saturated rings. The molecule has 0 aromatic heterocycles. The molecule has 0 aliphatic rings. The smallest absolute Gasteiger partial charge is 0.344 e. The first kappa shape index (κ1) is 17.5. The number of benzene rings is 1. The van der Waals surface area contributed by atoms with E-state index in [2.05, 4.69) is 5.32 Å². The topological polar surface area (TPSA) is 86.6 Å². The monoisotopic (exact) mass is 317 g/mol. The summed E-state index contributed by atoms with van der Waals surface area (Å²) in [6.45, 7) is 3.13. The molecule has 0 heterocycles. The van der Waals surface area contributed by atoms with Crippen LogP contribution in [0.25, 0.3) is 0 Å². The molecule has 22 heavy (non-hydrogen) atoms. The van der Waals surface area contributed by atoms with Crippen LogP contribution >= 0.6 is 0 Å². The maximum atomic E-state index is 13.9. The number of hydrogen-bond acceptors (Lipinski definition) is 3. The van der Waals surface area contributed by atoms with Gasteiger partial charge in [0.1, 0.15) is 0 Å². The van der Waals surface area contributed by atoms with Crippen LogP contribution in [0.4, 0.5) is 18.9 Å². The van der Waals surface area contributed by atoms with Crippen molar-refractivity contribution < 1.29 is 33.0 Å². The Morgan fingerprint density at radius 1 is 0.955 bits per heavy atom. The number of nitrogens with one attached hydrogen (secondary N) is 1. The summed E-state index contributed by atoms with van der Waals surface area (Å²) in [5.41, 5.74) is -1.47. The van der Waals surface area contributed by atoms with Crippen molar-refractivity contribution in [1.29, 1.82) is 0 Å². The lowest BCUT2D eigenvalue weighted by atomic mass is 9.99. The van der Waals surface area contributed by atoms with Crippen molar-refractivity contribution in [1.82, 2.24) is 0 Å². The van der Waals surface area contributed by atoms with Crippen molar-refractivity contribution in [3.05, 3.63) is 40.4 Å². The van der Waals surface area contributed by atoms with Crippen LogP contribution in [-0.2, 0) is 22.4 Å². The summed E-state index contributed by atoms with van der Waals surface area (Å²) in [6, 6.07) is 0. The highest BCUT2D eigenvalue weighted by Gasteiger charge is 2.23. The lowest BCUT2D eigenvalue weighted by molar-refractivity contribution is -0.140. The molecule has 0 radical (unpaired) electrons. The summed E-state index contributed by atoms with van der Waals surface area (Å²) in [7, 11) is 0. The maximum Gasteiger partial charge on any atom is 0.344 e. The predicted octanol–water partition coefficient (Wildman–Crippen LogP) is 2.69. The van der Waals surface area contributed by atoms with Crippen molar-refractivity contribution in [2.45, 2.75) is 26.7 Å². The number of rotatable bonds is 6. The summed E-state index contributed by atoms with van der Waals surface area (Å²) < 4.78 is 41.1. The molecule has 0 unspecified atom stereocenters. The Morgan fingerprint density at radius 3 is 1.86 bits per heavy atom. The standard InChI is InChI=1S/C14H14F3NO4/c1-3-6-7(4-2)12(11(17)10(16)9(6)15)18-5-8(13(19)20)14(21)22/h5,18H,3-4H2,1-2H3,(H,19,20)(H,21,22). The van der Waals surface area contributed by atoms with Crippen molar-refractivity contribution in [3.8, 4) is 0 Å². The molecule has 120 valence electrons. The molecule has 0 saturated carbocycles. The second-order valence-corrected chi connectivity index (χ2v) is 4.29. The molecule has 0 atom stereocenters. The number of carboxylic acid groups (broad SMARTS) is 2. The second-order valence-electron chi connectivity index (χ2n) is 4.29. The van der Waals surface area contributed by atoms with Gasteiger partial charge in [0, 0.05) is 6.20 Å². The molecule has 8 heteroatoms. The number of aliphatic carboxylic acids is 2. The zero-order valence-electron chi connectivity index (χ0n) is 11.8. The van der Waals surface area contributed by atoms with Gasteiger partial charge in [-0.15, -0.1) is 0 Å². The van der Waals surface area contributed by atoms with E-state index in [4.69, 9.17) is 10.2 Å². The molecular weight excluding hydrogens is 303 g/mol. The van der Waals surface area contributed by atoms with Gasteiger partial charge < -0.3 is 15.5 Å². The molecule has 1 aromatic rings. The van der Waals surface area contributed by atoms with Gasteiger partial charge in [-0.1, -0.05) is 13.8 Å². The van der Waals surface area contributed by atoms with E-state index in [1.165, 1.54) is 0 Å². The van der Waals surface area contributed by atoms with Crippen LogP contribution in [0.5, 0.6) is 0 Å². The summed E-state index contributed by atoms with van der Waals surface area (Å²) in [5, 5.41) is 19.5. The molecule has 0 saturated heterocycles. The van der Waals surface area contributed by atoms with Crippen LogP contribution < -0.4 is 5.32 Å². The third-order valence-corrected chi connectivity index (χ3v) is 3.06. The molecule has 0 bridgehead atoms. The highest BCUT2D eigenvalue weighted by Crippen LogP contribution is 2.30. The average molecular weight is 317 g/mol. The fourth-order valence-electron chi connectivity index (χ4n) is 2.02. The van der Waals surface area contributed by atoms with E-state index in [1.807, 2.05) is 0 Å². The fraction of sp³-hybridized carbons (Fsp3) is 0.286. The van der Waals surface area contributed by atoms with Gasteiger partial charge in [-0.25, -0.2) is 22.8 Å². The Hall–Kier alpha value is -2.51. The highest BCUT2D eigenvalue weighted by atomic mass is 19.2. The van der Waals surface area contributed by atoms with Crippen molar-refractivity contribution >= 4 is 17.6 Å². The van der Waals surface area contributed by atoms with Gasteiger partial charge in [-0.2, -0.15) is 0 Å². The van der Waals surface area contributed by atoms with E-state index in [9.17, 15) is 22.8 Å². The number of carboxylic acids is 2. The molecule has 0 amide bonds. The van der Waals surface area contributed by atoms with Crippen molar-refractivity contribution in [2.24, 2.45) is 0 Å². The third kappa shape index (κ3) is 3.21. The van der Waals surface area contributed by atoms with Gasteiger partial charge in [0.2, 0.25) is 0 Å². The minimum absolute atomic E-state index is 0.0514. The predicted molar refractivity (Wildman–Crippen MR) is 72.0 cm³/mol. The first-order valence-electron chi connectivity index (χ1n) is 6.37. The Labute approximate surface area is 124 Å². The van der Waals surface area contributed by atoms with Gasteiger partial charge in [0.15, 0.2) is 23.0 Å². The van der Waals surface area contributed by atoms with Crippen LogP contribution in [0.2, 0.25) is 0 Å². The molecular formula is C14H14F3NO4. The Morgan fingerprint density at radius 2 is 1.45 bits per heavy atom. The van der Waals surface area contributed by atoms with Crippen LogP contribution in [0.3, 0.4) is 0 Å². The molecule has 1 rings (SSSR count). The fourth-order valence-corrected chi connectivity index (χ4v) is 2.02. The zero-order valence-corrected chi connectivity index (χ0v) is 11.8. The quantitative estimate of drug-likeness (QED) is 0.325. The van der Waals surface area contributed by atoms with Crippen LogP contribution in [-0.4, -0.2) is 22.2 Å². The summed E-state index contributed by atoms with van der Waals surface area (Å²) >= 11 is 0. The molecule has 0 aliphatic heterocycles. The van der Waals surface area contributed by atoms with E-state index in [1.54, 1.807) is 13.8 Å². The first-order valence-corrected chi connectivity index (χ1v) is 6.37. The summed E-state index contributed by atoms with van der Waals surface area (Å²) in [6.07, 6.45) is 0.761. The number of hydrogen-bond donors (Lipinski definition) is 3. The number of anilines is 1. The van der Waals surface area contributed by atoms with Gasteiger partial charge in [-0.05, 0) is 24.0 Å². The van der Waals surface area contributed by atoms with Crippen molar-refractivity contribution in [3.63, 3.8) is 0 Å². The normalized spacial score (nSPS) is 10.2. The van der Waals surface area contributed by atoms with E-state index < -0.39 is 40.7 Å². The van der Waals surface area contributed by atoms with E-state index >= 15 is 0 Å². The lowest BCUT2D eigenvalue weighted by Crippen LogP contribution is -2.14. The highest BCUT2D eigenvalue weighted by molar-refractivity contribution is 6.12. The zero-order chi connectivity index (χ0) is 17.0.